The summed E-state index contributed by atoms with van der Waals surface area (Å²) in [7, 11) is 0. The smallest absolute Gasteiger partial charge is 0.273 e. The number of hydrogen-bond donors (Lipinski definition) is 2. The first-order chi connectivity index (χ1) is 12.8. The van der Waals surface area contributed by atoms with Gasteiger partial charge in [0.05, 0.1) is 13.2 Å². The fraction of sp³-hybridized carbons (Fsp3) is 0.950. The van der Waals surface area contributed by atoms with E-state index in [9.17, 15) is 4.79 Å². The molecular formula is C20H41NO5. The minimum Gasteiger partial charge on any atom is -0.394 e. The molecule has 26 heavy (non-hydrogen) atoms. The molecule has 0 aliphatic heterocycles. The third kappa shape index (κ3) is 16.8. The molecule has 0 aliphatic carbocycles. The molecule has 6 heteroatoms. The molecule has 0 aromatic heterocycles. The predicted molar refractivity (Wildman–Crippen MR) is 103 cm³/mol. The van der Waals surface area contributed by atoms with Gasteiger partial charge in [-0.1, -0.05) is 89.2 Å². The number of carbonyl (C=O) groups is 1. The van der Waals surface area contributed by atoms with Crippen LogP contribution >= 0.6 is 0 Å². The lowest BCUT2D eigenvalue weighted by atomic mass is 10.0. The molecule has 0 fully saturated rings. The number of rotatable bonds is 20. The Bertz CT molecular complexity index is 294. The van der Waals surface area contributed by atoms with Crippen molar-refractivity contribution >= 4 is 5.91 Å². The van der Waals surface area contributed by atoms with E-state index in [1.807, 2.05) is 0 Å². The molecule has 6 nitrogen and oxygen atoms in total. The van der Waals surface area contributed by atoms with Crippen molar-refractivity contribution in [2.24, 2.45) is 0 Å². The number of amides is 1. The Kier molecular flexibility index (Phi) is 20.1. The lowest BCUT2D eigenvalue weighted by Crippen LogP contribution is -2.33. The highest BCUT2D eigenvalue weighted by atomic mass is 17.0. The van der Waals surface area contributed by atoms with Gasteiger partial charge in [-0.25, -0.2) is 9.68 Å². The summed E-state index contributed by atoms with van der Waals surface area (Å²) in [5, 5.41) is 18.3. The normalized spacial score (nSPS) is 11.0. The van der Waals surface area contributed by atoms with Crippen molar-refractivity contribution in [3.8, 4) is 0 Å². The average molecular weight is 376 g/mol. The van der Waals surface area contributed by atoms with E-state index >= 15 is 0 Å². The van der Waals surface area contributed by atoms with Gasteiger partial charge in [0.15, 0.2) is 0 Å². The summed E-state index contributed by atoms with van der Waals surface area (Å²) in [6, 6.07) is 0. The van der Waals surface area contributed by atoms with E-state index in [0.29, 0.717) is 6.42 Å². The second-order valence-corrected chi connectivity index (χ2v) is 6.76. The summed E-state index contributed by atoms with van der Waals surface area (Å²) < 4.78 is 0. The van der Waals surface area contributed by atoms with Crippen LogP contribution in [0, 0.1) is 0 Å². The minimum absolute atomic E-state index is 0.00419. The van der Waals surface area contributed by atoms with Gasteiger partial charge in [-0.3, -0.25) is 4.79 Å². The summed E-state index contributed by atoms with van der Waals surface area (Å²) in [5.41, 5.74) is 0. The fourth-order valence-electron chi connectivity index (χ4n) is 2.81. The number of nitrogens with zero attached hydrogens (tertiary/aromatic N) is 1. The molecule has 0 aromatic rings. The van der Waals surface area contributed by atoms with E-state index < -0.39 is 0 Å². The Morgan fingerprint density at radius 3 is 1.46 bits per heavy atom. The third-order valence-corrected chi connectivity index (χ3v) is 4.30. The highest BCUT2D eigenvalue weighted by Crippen LogP contribution is 2.13. The molecule has 0 radical (unpaired) electrons. The SMILES string of the molecule is CCCCCCCCCCCCCCCC(=O)N(OCCO)OCCO. The molecule has 0 atom stereocenters. The van der Waals surface area contributed by atoms with Crippen molar-refractivity contribution in [1.82, 2.24) is 5.23 Å². The first kappa shape index (κ1) is 25.3. The van der Waals surface area contributed by atoms with Gasteiger partial charge >= 0.3 is 0 Å². The van der Waals surface area contributed by atoms with Crippen LogP contribution in [0.5, 0.6) is 0 Å². The molecule has 0 bridgehead atoms. The van der Waals surface area contributed by atoms with Crippen LogP contribution in [0.1, 0.15) is 96.8 Å². The highest BCUT2D eigenvalue weighted by Gasteiger charge is 2.14. The molecule has 0 heterocycles. The summed E-state index contributed by atoms with van der Waals surface area (Å²) in [4.78, 5) is 22.0. The number of carbonyl (C=O) groups excluding carboxylic acids is 1. The Morgan fingerprint density at radius 2 is 1.08 bits per heavy atom. The predicted octanol–water partition coefficient (Wildman–Crippen LogP) is 4.14. The van der Waals surface area contributed by atoms with E-state index in [1.165, 1.54) is 64.2 Å². The largest absolute Gasteiger partial charge is 0.394 e. The van der Waals surface area contributed by atoms with Gasteiger partial charge in [0, 0.05) is 6.42 Å². The van der Waals surface area contributed by atoms with Crippen molar-refractivity contribution in [3.63, 3.8) is 0 Å². The number of hydrogen-bond acceptors (Lipinski definition) is 5. The van der Waals surface area contributed by atoms with Crippen LogP contribution in [0.15, 0.2) is 0 Å². The van der Waals surface area contributed by atoms with Crippen LogP contribution in [0.3, 0.4) is 0 Å². The molecule has 0 spiro atoms. The second kappa shape index (κ2) is 20.6. The molecule has 0 unspecified atom stereocenters. The standard InChI is InChI=1S/C20H41NO5/c1-2-3-4-5-6-7-8-9-10-11-12-13-14-15-20(24)21(25-18-16-22)26-19-17-23/h22-23H,2-19H2,1H3. The first-order valence-electron chi connectivity index (χ1n) is 10.6. The molecule has 1 amide bonds. The van der Waals surface area contributed by atoms with Gasteiger partial charge in [0.25, 0.3) is 5.91 Å². The number of unbranched alkanes of at least 4 members (excludes halogenated alkanes) is 12. The maximum Gasteiger partial charge on any atom is 0.273 e. The molecule has 2 N–H and O–H groups in total. The third-order valence-electron chi connectivity index (χ3n) is 4.30. The fourth-order valence-corrected chi connectivity index (χ4v) is 2.81. The maximum atomic E-state index is 12.0. The average Bonchev–Trinajstić information content (AvgIpc) is 2.65. The molecular weight excluding hydrogens is 334 g/mol. The van der Waals surface area contributed by atoms with Crippen LogP contribution in [-0.2, 0) is 14.5 Å². The van der Waals surface area contributed by atoms with E-state index in [4.69, 9.17) is 19.9 Å². The number of aliphatic hydroxyl groups is 2. The van der Waals surface area contributed by atoms with Gasteiger partial charge in [-0.05, 0) is 6.42 Å². The van der Waals surface area contributed by atoms with Crippen molar-refractivity contribution < 1.29 is 24.7 Å². The van der Waals surface area contributed by atoms with Gasteiger partial charge < -0.3 is 10.2 Å². The molecule has 0 rings (SSSR count). The van der Waals surface area contributed by atoms with E-state index in [2.05, 4.69) is 6.92 Å². The number of hydroxylamine groups is 2. The topological polar surface area (TPSA) is 79.2 Å². The molecule has 0 saturated heterocycles. The Labute approximate surface area is 159 Å². The summed E-state index contributed by atoms with van der Waals surface area (Å²) >= 11 is 0. The van der Waals surface area contributed by atoms with E-state index in [0.717, 1.165) is 24.5 Å². The van der Waals surface area contributed by atoms with Crippen molar-refractivity contribution in [2.45, 2.75) is 96.8 Å². The van der Waals surface area contributed by atoms with Crippen LogP contribution in [-0.4, -0.2) is 47.8 Å². The zero-order chi connectivity index (χ0) is 19.3. The highest BCUT2D eigenvalue weighted by molar-refractivity contribution is 5.73. The lowest BCUT2D eigenvalue weighted by molar-refractivity contribution is -0.345. The molecule has 0 aliphatic rings. The van der Waals surface area contributed by atoms with E-state index in [1.54, 1.807) is 0 Å². The van der Waals surface area contributed by atoms with Crippen molar-refractivity contribution in [3.05, 3.63) is 0 Å². The summed E-state index contributed by atoms with van der Waals surface area (Å²) in [6.07, 6.45) is 16.8. The molecule has 0 aromatic carbocycles. The first-order valence-corrected chi connectivity index (χ1v) is 10.6. The minimum atomic E-state index is -0.269. The maximum absolute atomic E-state index is 12.0. The van der Waals surface area contributed by atoms with Crippen LogP contribution in [0.25, 0.3) is 0 Å². The van der Waals surface area contributed by atoms with Crippen LogP contribution in [0.4, 0.5) is 0 Å². The second-order valence-electron chi connectivity index (χ2n) is 6.76. The van der Waals surface area contributed by atoms with Gasteiger partial charge in [0.1, 0.15) is 13.2 Å². The Morgan fingerprint density at radius 1 is 0.692 bits per heavy atom. The van der Waals surface area contributed by atoms with Crippen LogP contribution < -0.4 is 0 Å². The van der Waals surface area contributed by atoms with Gasteiger partial charge in [-0.15, -0.1) is 0 Å². The van der Waals surface area contributed by atoms with Crippen molar-refractivity contribution in [2.75, 3.05) is 26.4 Å². The number of aliphatic hydroxyl groups excluding tert-OH is 2. The zero-order valence-electron chi connectivity index (χ0n) is 16.8. The quantitative estimate of drug-likeness (QED) is 0.247. The lowest BCUT2D eigenvalue weighted by Gasteiger charge is -2.19. The Balaban J connectivity index is 3.47. The van der Waals surface area contributed by atoms with Crippen LogP contribution in [0.2, 0.25) is 0 Å². The summed E-state index contributed by atoms with van der Waals surface area (Å²) in [5.74, 6) is -0.269. The monoisotopic (exact) mass is 375 g/mol. The molecule has 0 saturated carbocycles. The van der Waals surface area contributed by atoms with E-state index in [-0.39, 0.29) is 32.3 Å². The Hall–Kier alpha value is -0.690. The summed E-state index contributed by atoms with van der Waals surface area (Å²) in [6.45, 7) is 1.86. The van der Waals surface area contributed by atoms with Gasteiger partial charge in [-0.2, -0.15) is 0 Å². The van der Waals surface area contributed by atoms with Crippen molar-refractivity contribution in [1.29, 1.82) is 0 Å². The molecule has 156 valence electrons. The zero-order valence-corrected chi connectivity index (χ0v) is 16.8. The van der Waals surface area contributed by atoms with Gasteiger partial charge in [0.2, 0.25) is 0 Å².